The van der Waals surface area contributed by atoms with Crippen LogP contribution in [0.5, 0.6) is 0 Å². The van der Waals surface area contributed by atoms with Crippen LogP contribution < -0.4 is 10.2 Å². The van der Waals surface area contributed by atoms with Gasteiger partial charge in [0.1, 0.15) is 17.1 Å². The number of rotatable bonds is 4. The van der Waals surface area contributed by atoms with Crippen LogP contribution in [0.1, 0.15) is 36.6 Å². The topological polar surface area (TPSA) is 111 Å². The minimum absolute atomic E-state index is 0. The standard InChI is InChI=1S/C11H16N4.C8H5F3N4.Pt/c1-7(2)4-9-6-11(15-13-9)10-5-8(3)12-14-10;1-4-2-5(13-12-4)6-3-7(15-14-6)8(9,10)11;/h5-7H,4H2,1-3H3,(H,12,14)(H,13,15);2-3H,1H3;/q;-2;+2. The first-order valence-electron chi connectivity index (χ1n) is 9.23. The van der Waals surface area contributed by atoms with E-state index < -0.39 is 11.9 Å². The van der Waals surface area contributed by atoms with Gasteiger partial charge in [-0.1, -0.05) is 19.9 Å². The molecule has 0 aliphatic rings. The van der Waals surface area contributed by atoms with E-state index in [4.69, 9.17) is 0 Å². The molecule has 0 aliphatic heterocycles. The predicted octanol–water partition coefficient (Wildman–Crippen LogP) is 3.69. The first-order chi connectivity index (χ1) is 14.1. The van der Waals surface area contributed by atoms with Crippen molar-refractivity contribution in [1.29, 1.82) is 0 Å². The second kappa shape index (κ2) is 10.1. The third-order valence-electron chi connectivity index (χ3n) is 3.98. The summed E-state index contributed by atoms with van der Waals surface area (Å²) in [5.41, 5.74) is 4.03. The van der Waals surface area contributed by atoms with Gasteiger partial charge >= 0.3 is 27.2 Å². The Kier molecular flexibility index (Phi) is 8.00. The normalized spacial score (nSPS) is 11.2. The summed E-state index contributed by atoms with van der Waals surface area (Å²) in [6.45, 7) is 8.06. The molecule has 0 spiro atoms. The van der Waals surface area contributed by atoms with Crippen molar-refractivity contribution in [2.24, 2.45) is 5.92 Å². The number of aromatic amines is 2. The van der Waals surface area contributed by atoms with Crippen LogP contribution in [0.3, 0.4) is 0 Å². The quantitative estimate of drug-likeness (QED) is 0.364. The maximum atomic E-state index is 12.2. The molecular weight excluding hydrogens is 592 g/mol. The van der Waals surface area contributed by atoms with Crippen molar-refractivity contribution < 1.29 is 34.2 Å². The van der Waals surface area contributed by atoms with Crippen molar-refractivity contribution in [1.82, 2.24) is 40.8 Å². The summed E-state index contributed by atoms with van der Waals surface area (Å²) in [6.07, 6.45) is -3.45. The zero-order valence-electron chi connectivity index (χ0n) is 17.2. The van der Waals surface area contributed by atoms with Gasteiger partial charge in [-0.25, -0.2) is 0 Å². The zero-order chi connectivity index (χ0) is 21.9. The molecule has 0 aliphatic carbocycles. The Bertz CT molecular complexity index is 1090. The summed E-state index contributed by atoms with van der Waals surface area (Å²) in [4.78, 5) is 0. The fraction of sp³-hybridized carbons (Fsp3) is 0.368. The first-order valence-corrected chi connectivity index (χ1v) is 9.23. The number of H-pyrrole nitrogens is 2. The number of nitrogens with one attached hydrogen (secondary N) is 2. The van der Waals surface area contributed by atoms with E-state index in [1.165, 1.54) is 5.69 Å². The van der Waals surface area contributed by atoms with Gasteiger partial charge in [-0.3, -0.25) is 10.2 Å². The second-order valence-electron chi connectivity index (χ2n) is 7.30. The zero-order valence-corrected chi connectivity index (χ0v) is 19.5. The minimum Gasteiger partial charge on any atom is -0.576 e. The van der Waals surface area contributed by atoms with Crippen LogP contribution in [0, 0.1) is 19.8 Å². The van der Waals surface area contributed by atoms with Crippen molar-refractivity contribution >= 4 is 0 Å². The van der Waals surface area contributed by atoms with E-state index in [-0.39, 0.29) is 26.8 Å². The molecule has 0 saturated heterocycles. The van der Waals surface area contributed by atoms with E-state index in [2.05, 4.69) is 60.7 Å². The molecule has 168 valence electrons. The Morgan fingerprint density at radius 3 is 2.03 bits per heavy atom. The van der Waals surface area contributed by atoms with Gasteiger partial charge in [-0.2, -0.15) is 23.4 Å². The van der Waals surface area contributed by atoms with E-state index in [1.54, 1.807) is 13.0 Å². The summed E-state index contributed by atoms with van der Waals surface area (Å²) in [7, 11) is 0. The van der Waals surface area contributed by atoms with Crippen LogP contribution in [0.4, 0.5) is 13.2 Å². The number of aryl methyl sites for hydroxylation is 2. The van der Waals surface area contributed by atoms with Crippen LogP contribution in [-0.2, 0) is 33.7 Å². The molecule has 4 aromatic heterocycles. The van der Waals surface area contributed by atoms with Crippen molar-refractivity contribution in [2.75, 3.05) is 0 Å². The fourth-order valence-electron chi connectivity index (χ4n) is 2.66. The van der Waals surface area contributed by atoms with Crippen LogP contribution >= 0.6 is 0 Å². The monoisotopic (exact) mass is 613 g/mol. The van der Waals surface area contributed by atoms with Crippen LogP contribution in [-0.4, -0.2) is 30.6 Å². The van der Waals surface area contributed by atoms with Gasteiger partial charge in [0.2, 0.25) is 0 Å². The number of hydrogen-bond acceptors (Lipinski definition) is 4. The van der Waals surface area contributed by atoms with E-state index in [9.17, 15) is 13.2 Å². The molecule has 12 heteroatoms. The molecule has 0 saturated carbocycles. The molecule has 0 aromatic carbocycles. The number of hydrogen-bond donors (Lipinski definition) is 2. The molecule has 0 amide bonds. The van der Waals surface area contributed by atoms with Gasteiger partial charge in [-0.05, 0) is 44.4 Å². The maximum absolute atomic E-state index is 12.2. The molecule has 4 aromatic rings. The Labute approximate surface area is 191 Å². The van der Waals surface area contributed by atoms with E-state index in [0.717, 1.165) is 29.6 Å². The largest absolute Gasteiger partial charge is 2.00 e. The summed E-state index contributed by atoms with van der Waals surface area (Å²) in [6, 6.07) is 6.46. The molecule has 8 nitrogen and oxygen atoms in total. The van der Waals surface area contributed by atoms with Gasteiger partial charge < -0.3 is 20.4 Å². The number of aromatic nitrogens is 8. The summed E-state index contributed by atoms with van der Waals surface area (Å²) in [5.74, 6) is 0.638. The van der Waals surface area contributed by atoms with E-state index in [1.807, 2.05) is 13.0 Å². The van der Waals surface area contributed by atoms with Gasteiger partial charge in [-0.15, -0.1) is 11.4 Å². The van der Waals surface area contributed by atoms with Crippen molar-refractivity contribution in [3.63, 3.8) is 0 Å². The van der Waals surface area contributed by atoms with Gasteiger partial charge in [0, 0.05) is 17.1 Å². The predicted molar refractivity (Wildman–Crippen MR) is 103 cm³/mol. The summed E-state index contributed by atoms with van der Waals surface area (Å²) in [5, 5.41) is 28.1. The third kappa shape index (κ3) is 6.65. The number of nitrogens with zero attached hydrogens (tertiary/aromatic N) is 6. The Balaban J connectivity index is 0.000000213. The molecule has 4 heterocycles. The maximum Gasteiger partial charge on any atom is 2.00 e. The smallest absolute Gasteiger partial charge is 0.576 e. The van der Waals surface area contributed by atoms with Crippen molar-refractivity contribution in [3.8, 4) is 22.8 Å². The molecule has 2 N–H and O–H groups in total. The van der Waals surface area contributed by atoms with Gasteiger partial charge in [0.25, 0.3) is 0 Å². The van der Waals surface area contributed by atoms with Gasteiger partial charge in [0.15, 0.2) is 0 Å². The first kappa shape index (κ1) is 24.6. The fourth-order valence-corrected chi connectivity index (χ4v) is 2.66. The molecule has 0 radical (unpaired) electrons. The number of alkyl halides is 3. The Morgan fingerprint density at radius 1 is 0.903 bits per heavy atom. The van der Waals surface area contributed by atoms with Crippen LogP contribution in [0.15, 0.2) is 24.3 Å². The average Bonchev–Trinajstić information content (AvgIpc) is 3.40. The SMILES string of the molecule is Cc1cc(-c2cc(C(F)(F)F)n[n-]2)[n-]n1.Cc1cc(-c2cc(CC(C)C)[nH]n2)n[nH]1.[Pt+2]. The van der Waals surface area contributed by atoms with E-state index in [0.29, 0.717) is 17.3 Å². The van der Waals surface area contributed by atoms with Crippen molar-refractivity contribution in [3.05, 3.63) is 47.0 Å². The summed E-state index contributed by atoms with van der Waals surface area (Å²) >= 11 is 0. The van der Waals surface area contributed by atoms with Gasteiger partial charge in [0.05, 0.1) is 0 Å². The Morgan fingerprint density at radius 2 is 1.52 bits per heavy atom. The third-order valence-corrected chi connectivity index (χ3v) is 3.98. The molecule has 0 bridgehead atoms. The minimum atomic E-state index is -4.47. The number of halogens is 3. The molecule has 0 fully saturated rings. The van der Waals surface area contributed by atoms with Crippen LogP contribution in [0.25, 0.3) is 22.8 Å². The average molecular weight is 614 g/mol. The second-order valence-corrected chi connectivity index (χ2v) is 7.30. The molecule has 0 atom stereocenters. The Hall–Kier alpha value is -2.68. The van der Waals surface area contributed by atoms with Crippen molar-refractivity contribution in [2.45, 2.75) is 40.3 Å². The molecule has 0 unspecified atom stereocenters. The molecular formula is C19H21F3N8Pt. The molecule has 31 heavy (non-hydrogen) atoms. The van der Waals surface area contributed by atoms with Crippen LogP contribution in [0.2, 0.25) is 0 Å². The van der Waals surface area contributed by atoms with E-state index >= 15 is 0 Å². The molecule has 4 rings (SSSR count). The summed E-state index contributed by atoms with van der Waals surface area (Å²) < 4.78 is 36.6.